The molecule has 0 aliphatic carbocycles. The van der Waals surface area contributed by atoms with Crippen molar-refractivity contribution < 1.29 is 9.53 Å². The molecule has 0 saturated heterocycles. The van der Waals surface area contributed by atoms with Gasteiger partial charge in [0.15, 0.2) is 5.69 Å². The number of benzene rings is 1. The lowest BCUT2D eigenvalue weighted by Gasteiger charge is -2.02. The van der Waals surface area contributed by atoms with Gasteiger partial charge in [-0.2, -0.15) is 0 Å². The Bertz CT molecular complexity index is 794. The van der Waals surface area contributed by atoms with E-state index in [4.69, 9.17) is 4.74 Å². The molecule has 106 valence electrons. The van der Waals surface area contributed by atoms with Gasteiger partial charge in [0.25, 0.3) is 0 Å². The highest BCUT2D eigenvalue weighted by atomic mass is 16.5. The summed E-state index contributed by atoms with van der Waals surface area (Å²) in [5.74, 6) is 0.416. The van der Waals surface area contributed by atoms with Gasteiger partial charge < -0.3 is 9.30 Å². The summed E-state index contributed by atoms with van der Waals surface area (Å²) in [6.45, 7) is 0. The summed E-state index contributed by atoms with van der Waals surface area (Å²) in [6.07, 6.45) is 2.30. The van der Waals surface area contributed by atoms with E-state index in [9.17, 15) is 4.79 Å². The van der Waals surface area contributed by atoms with Crippen LogP contribution in [0.4, 0.5) is 0 Å². The number of rotatable bonds is 3. The van der Waals surface area contributed by atoms with Crippen molar-refractivity contribution in [2.45, 2.75) is 6.42 Å². The number of aromatic nitrogens is 3. The number of carbonyl (C=O) groups is 1. The van der Waals surface area contributed by atoms with Crippen molar-refractivity contribution in [3.63, 3.8) is 0 Å². The Morgan fingerprint density at radius 3 is 2.71 bits per heavy atom. The van der Waals surface area contributed by atoms with Crippen molar-refractivity contribution in [2.24, 2.45) is 7.05 Å². The number of methoxy groups -OCH3 is 1. The van der Waals surface area contributed by atoms with Crippen LogP contribution in [-0.2, 0) is 18.2 Å². The number of ether oxygens (including phenoxy) is 1. The average Bonchev–Trinajstić information content (AvgIpc) is 2.84. The molecule has 0 aliphatic heterocycles. The highest BCUT2D eigenvalue weighted by Crippen LogP contribution is 2.19. The molecular weight excluding hydrogens is 266 g/mol. The van der Waals surface area contributed by atoms with Gasteiger partial charge in [-0.3, -0.25) is 0 Å². The fraction of sp³-hybridized carbons (Fsp3) is 0.188. The molecule has 5 nitrogen and oxygen atoms in total. The van der Waals surface area contributed by atoms with Crippen LogP contribution in [0.3, 0.4) is 0 Å². The number of hydrogen-bond donors (Lipinski definition) is 0. The van der Waals surface area contributed by atoms with Gasteiger partial charge in [0.2, 0.25) is 0 Å². The summed E-state index contributed by atoms with van der Waals surface area (Å²) in [6, 6.07) is 11.9. The van der Waals surface area contributed by atoms with Crippen LogP contribution < -0.4 is 0 Å². The molecule has 0 fully saturated rings. The number of carbonyl (C=O) groups excluding carboxylic acids is 1. The Kier molecular flexibility index (Phi) is 3.39. The van der Waals surface area contributed by atoms with E-state index in [0.717, 1.165) is 11.3 Å². The third-order valence-corrected chi connectivity index (χ3v) is 3.48. The van der Waals surface area contributed by atoms with Gasteiger partial charge in [0.1, 0.15) is 11.3 Å². The predicted octanol–water partition coefficient (Wildman–Crippen LogP) is 2.35. The van der Waals surface area contributed by atoms with Crippen molar-refractivity contribution >= 4 is 17.0 Å². The van der Waals surface area contributed by atoms with Gasteiger partial charge in [-0.05, 0) is 11.6 Å². The molecule has 5 heteroatoms. The fourth-order valence-corrected chi connectivity index (χ4v) is 2.35. The van der Waals surface area contributed by atoms with E-state index >= 15 is 0 Å². The first-order chi connectivity index (χ1) is 10.2. The highest BCUT2D eigenvalue weighted by Gasteiger charge is 2.17. The molecule has 0 amide bonds. The molecule has 0 atom stereocenters. The third kappa shape index (κ3) is 2.38. The zero-order chi connectivity index (χ0) is 14.8. The quantitative estimate of drug-likeness (QED) is 0.691. The molecule has 3 aromatic rings. The number of hydrogen-bond acceptors (Lipinski definition) is 4. The Morgan fingerprint density at radius 1 is 1.24 bits per heavy atom. The van der Waals surface area contributed by atoms with Crippen LogP contribution in [0.1, 0.15) is 21.9 Å². The van der Waals surface area contributed by atoms with Crippen molar-refractivity contribution in [3.8, 4) is 0 Å². The largest absolute Gasteiger partial charge is 0.464 e. The first-order valence-corrected chi connectivity index (χ1v) is 6.63. The zero-order valence-corrected chi connectivity index (χ0v) is 11.9. The molecular formula is C16H15N3O2. The van der Waals surface area contributed by atoms with Crippen LogP contribution in [0.5, 0.6) is 0 Å². The van der Waals surface area contributed by atoms with Crippen molar-refractivity contribution in [1.29, 1.82) is 0 Å². The van der Waals surface area contributed by atoms with E-state index < -0.39 is 5.97 Å². The summed E-state index contributed by atoms with van der Waals surface area (Å²) in [4.78, 5) is 20.4. The number of imidazole rings is 1. The molecule has 0 unspecified atom stereocenters. The SMILES string of the molecule is COC(=O)c1nccc2c1nc(Cc1ccccc1)n2C. The van der Waals surface area contributed by atoms with Gasteiger partial charge in [-0.25, -0.2) is 14.8 Å². The predicted molar refractivity (Wildman–Crippen MR) is 79.1 cm³/mol. The maximum absolute atomic E-state index is 11.8. The van der Waals surface area contributed by atoms with Crippen LogP contribution >= 0.6 is 0 Å². The van der Waals surface area contributed by atoms with E-state index in [2.05, 4.69) is 22.1 Å². The molecule has 0 N–H and O–H groups in total. The minimum Gasteiger partial charge on any atom is -0.464 e. The van der Waals surface area contributed by atoms with Gasteiger partial charge in [-0.15, -0.1) is 0 Å². The normalized spacial score (nSPS) is 10.8. The Labute approximate surface area is 122 Å². The standard InChI is InChI=1S/C16H15N3O2/c1-19-12-8-9-17-15(16(20)21-2)14(12)18-13(19)10-11-6-4-3-5-7-11/h3-9H,10H2,1-2H3. The van der Waals surface area contributed by atoms with Crippen LogP contribution in [0.25, 0.3) is 11.0 Å². The van der Waals surface area contributed by atoms with E-state index in [0.29, 0.717) is 11.9 Å². The highest BCUT2D eigenvalue weighted by molar-refractivity contribution is 5.99. The summed E-state index contributed by atoms with van der Waals surface area (Å²) >= 11 is 0. The van der Waals surface area contributed by atoms with Crippen LogP contribution in [0, 0.1) is 0 Å². The lowest BCUT2D eigenvalue weighted by Crippen LogP contribution is -2.04. The fourth-order valence-electron chi connectivity index (χ4n) is 2.35. The Morgan fingerprint density at radius 2 is 2.00 bits per heavy atom. The van der Waals surface area contributed by atoms with Gasteiger partial charge in [0.05, 0.1) is 12.6 Å². The monoisotopic (exact) mass is 281 g/mol. The van der Waals surface area contributed by atoms with Crippen molar-refractivity contribution in [2.75, 3.05) is 7.11 Å². The Balaban J connectivity index is 2.09. The zero-order valence-electron chi connectivity index (χ0n) is 11.9. The summed E-state index contributed by atoms with van der Waals surface area (Å²) in [5, 5.41) is 0. The second kappa shape index (κ2) is 5.36. The van der Waals surface area contributed by atoms with Crippen LogP contribution in [-0.4, -0.2) is 27.6 Å². The second-order valence-corrected chi connectivity index (χ2v) is 4.77. The van der Waals surface area contributed by atoms with E-state index in [1.807, 2.05) is 35.9 Å². The second-order valence-electron chi connectivity index (χ2n) is 4.77. The van der Waals surface area contributed by atoms with Gasteiger partial charge in [0, 0.05) is 19.7 Å². The topological polar surface area (TPSA) is 57.0 Å². The van der Waals surface area contributed by atoms with Crippen molar-refractivity contribution in [3.05, 3.63) is 59.7 Å². The average molecular weight is 281 g/mol. The molecule has 0 bridgehead atoms. The molecule has 2 heterocycles. The van der Waals surface area contributed by atoms with Crippen LogP contribution in [0.2, 0.25) is 0 Å². The maximum atomic E-state index is 11.8. The molecule has 0 saturated carbocycles. The van der Waals surface area contributed by atoms with Gasteiger partial charge >= 0.3 is 5.97 Å². The number of fused-ring (bicyclic) bond motifs is 1. The lowest BCUT2D eigenvalue weighted by molar-refractivity contribution is 0.0596. The van der Waals surface area contributed by atoms with E-state index in [1.165, 1.54) is 12.7 Å². The number of pyridine rings is 1. The maximum Gasteiger partial charge on any atom is 0.359 e. The molecule has 21 heavy (non-hydrogen) atoms. The first-order valence-electron chi connectivity index (χ1n) is 6.63. The minimum absolute atomic E-state index is 0.255. The molecule has 3 rings (SSSR count). The first kappa shape index (κ1) is 13.3. The molecule has 0 radical (unpaired) electrons. The van der Waals surface area contributed by atoms with Crippen molar-refractivity contribution in [1.82, 2.24) is 14.5 Å². The molecule has 1 aromatic carbocycles. The summed E-state index contributed by atoms with van der Waals surface area (Å²) in [5.41, 5.74) is 2.88. The minimum atomic E-state index is -0.468. The molecule has 2 aromatic heterocycles. The lowest BCUT2D eigenvalue weighted by atomic mass is 10.1. The van der Waals surface area contributed by atoms with Crippen LogP contribution in [0.15, 0.2) is 42.6 Å². The third-order valence-electron chi connectivity index (χ3n) is 3.48. The summed E-state index contributed by atoms with van der Waals surface area (Å²) in [7, 11) is 3.28. The van der Waals surface area contributed by atoms with E-state index in [1.54, 1.807) is 6.20 Å². The number of nitrogens with zero attached hydrogens (tertiary/aromatic N) is 3. The Hall–Kier alpha value is -2.69. The number of aryl methyl sites for hydroxylation is 1. The van der Waals surface area contributed by atoms with Gasteiger partial charge in [-0.1, -0.05) is 30.3 Å². The summed E-state index contributed by atoms with van der Waals surface area (Å²) < 4.78 is 6.74. The smallest absolute Gasteiger partial charge is 0.359 e. The molecule has 0 aliphatic rings. The van der Waals surface area contributed by atoms with E-state index in [-0.39, 0.29) is 5.69 Å². The molecule has 0 spiro atoms. The number of esters is 1.